The molecule has 1 fully saturated rings. The third-order valence-corrected chi connectivity index (χ3v) is 6.01. The lowest BCUT2D eigenvalue weighted by molar-refractivity contribution is 0.569. The van der Waals surface area contributed by atoms with Crippen molar-refractivity contribution in [1.82, 2.24) is 29.1 Å². The lowest BCUT2D eigenvalue weighted by Gasteiger charge is -2.06. The second-order valence-electron chi connectivity index (χ2n) is 8.08. The molecule has 1 aliphatic rings. The summed E-state index contributed by atoms with van der Waals surface area (Å²) in [6.07, 6.45) is 3.49. The number of fused-ring (bicyclic) bond motifs is 1. The fraction of sp³-hybridized carbons (Fsp3) is 0.174. The molecule has 0 atom stereocenters. The summed E-state index contributed by atoms with van der Waals surface area (Å²) >= 11 is 5.65. The van der Waals surface area contributed by atoms with Gasteiger partial charge in [-0.1, -0.05) is 17.7 Å². The number of hydrogen-bond donors (Lipinski definition) is 0. The van der Waals surface area contributed by atoms with Crippen LogP contribution in [0.4, 0.5) is 8.78 Å². The summed E-state index contributed by atoms with van der Waals surface area (Å²) in [6, 6.07) is 9.22. The van der Waals surface area contributed by atoms with Crippen LogP contribution >= 0.6 is 11.6 Å². The summed E-state index contributed by atoms with van der Waals surface area (Å²) in [5.41, 5.74) is 1.52. The van der Waals surface area contributed by atoms with E-state index in [9.17, 15) is 13.6 Å². The minimum absolute atomic E-state index is 0.00580. The summed E-state index contributed by atoms with van der Waals surface area (Å²) in [7, 11) is 0. The van der Waals surface area contributed by atoms with Crippen molar-refractivity contribution in [3.63, 3.8) is 0 Å². The summed E-state index contributed by atoms with van der Waals surface area (Å²) in [5, 5.41) is 3.78. The smallest absolute Gasteiger partial charge is 0.353 e. The number of pyridine rings is 1. The van der Waals surface area contributed by atoms with E-state index in [4.69, 9.17) is 16.0 Å². The van der Waals surface area contributed by atoms with E-state index in [1.807, 2.05) is 19.1 Å². The summed E-state index contributed by atoms with van der Waals surface area (Å²) < 4.78 is 37.2. The summed E-state index contributed by atoms with van der Waals surface area (Å²) in [6.45, 7) is 1.86. The van der Waals surface area contributed by atoms with E-state index >= 15 is 0 Å². The van der Waals surface area contributed by atoms with E-state index in [1.165, 1.54) is 10.8 Å². The summed E-state index contributed by atoms with van der Waals surface area (Å²) in [5.74, 6) is -1.60. The van der Waals surface area contributed by atoms with Crippen molar-refractivity contribution in [3.05, 3.63) is 81.1 Å². The maximum absolute atomic E-state index is 14.3. The fourth-order valence-electron chi connectivity index (χ4n) is 3.76. The van der Waals surface area contributed by atoms with Crippen molar-refractivity contribution in [2.75, 3.05) is 0 Å². The monoisotopic (exact) mass is 480 g/mol. The standard InChI is InChI=1S/C23H15ClF2N6O2/c1-11-3-2-4-17-28-20(30-32(11)17)22-29-21(31-8-7-16(12-5-6-12)27-23(31)33)19(34-22)13-9-14(25)18(24)15(26)10-13/h2-4,7-10,12H,5-6H2,1H3. The highest BCUT2D eigenvalue weighted by atomic mass is 35.5. The van der Waals surface area contributed by atoms with Gasteiger partial charge in [0.1, 0.15) is 16.7 Å². The predicted molar refractivity (Wildman–Crippen MR) is 119 cm³/mol. The Labute approximate surface area is 195 Å². The van der Waals surface area contributed by atoms with E-state index in [2.05, 4.69) is 20.1 Å². The van der Waals surface area contributed by atoms with Crippen molar-refractivity contribution >= 4 is 17.2 Å². The van der Waals surface area contributed by atoms with Crippen LogP contribution in [0.15, 0.2) is 51.8 Å². The molecule has 0 unspecified atom stereocenters. The predicted octanol–water partition coefficient (Wildman–Crippen LogP) is 4.71. The van der Waals surface area contributed by atoms with E-state index < -0.39 is 22.3 Å². The first kappa shape index (κ1) is 20.7. The number of benzene rings is 1. The maximum atomic E-state index is 14.3. The molecule has 5 aromatic rings. The number of aryl methyl sites for hydroxylation is 1. The lowest BCUT2D eigenvalue weighted by Crippen LogP contribution is -2.22. The van der Waals surface area contributed by atoms with Gasteiger partial charge < -0.3 is 4.42 Å². The van der Waals surface area contributed by atoms with Gasteiger partial charge >= 0.3 is 5.69 Å². The van der Waals surface area contributed by atoms with Crippen LogP contribution in [-0.2, 0) is 0 Å². The Balaban J connectivity index is 1.56. The molecule has 1 saturated carbocycles. The van der Waals surface area contributed by atoms with Gasteiger partial charge in [-0.05, 0) is 50.1 Å². The zero-order valence-electron chi connectivity index (χ0n) is 17.7. The molecule has 0 N–H and O–H groups in total. The first-order valence-corrected chi connectivity index (χ1v) is 10.9. The van der Waals surface area contributed by atoms with Crippen LogP contribution in [0.2, 0.25) is 5.02 Å². The van der Waals surface area contributed by atoms with E-state index in [1.54, 1.807) is 16.6 Å². The molecule has 0 bridgehead atoms. The van der Waals surface area contributed by atoms with Gasteiger partial charge in [-0.25, -0.2) is 27.6 Å². The molecule has 11 heteroatoms. The van der Waals surface area contributed by atoms with Crippen LogP contribution in [0, 0.1) is 18.6 Å². The minimum Gasteiger partial charge on any atom is -0.431 e. The topological polar surface area (TPSA) is 91.1 Å². The Morgan fingerprint density at radius 3 is 2.53 bits per heavy atom. The zero-order chi connectivity index (χ0) is 23.6. The van der Waals surface area contributed by atoms with Gasteiger partial charge in [0.15, 0.2) is 17.2 Å². The van der Waals surface area contributed by atoms with Gasteiger partial charge in [-0.2, -0.15) is 9.97 Å². The molecule has 6 rings (SSSR count). The quantitative estimate of drug-likeness (QED) is 0.346. The molecule has 4 aromatic heterocycles. The third-order valence-electron chi connectivity index (χ3n) is 5.64. The number of aromatic nitrogens is 6. The normalized spacial score (nSPS) is 13.6. The van der Waals surface area contributed by atoms with Crippen LogP contribution in [-0.4, -0.2) is 29.1 Å². The molecular weight excluding hydrogens is 466 g/mol. The maximum Gasteiger partial charge on any atom is 0.353 e. The summed E-state index contributed by atoms with van der Waals surface area (Å²) in [4.78, 5) is 25.8. The molecule has 0 spiro atoms. The molecule has 8 nitrogen and oxygen atoms in total. The van der Waals surface area contributed by atoms with Crippen LogP contribution in [0.3, 0.4) is 0 Å². The Hall–Kier alpha value is -3.92. The highest BCUT2D eigenvalue weighted by Crippen LogP contribution is 2.38. The first-order chi connectivity index (χ1) is 16.4. The minimum atomic E-state index is -0.975. The molecular formula is C23H15ClF2N6O2. The van der Waals surface area contributed by atoms with Gasteiger partial charge in [0.25, 0.3) is 5.89 Å². The molecule has 170 valence electrons. The number of rotatable bonds is 4. The lowest BCUT2D eigenvalue weighted by atomic mass is 10.1. The molecule has 0 radical (unpaired) electrons. The SMILES string of the molecule is Cc1cccc2nc(-c3nc(-n4ccc(C5CC5)nc4=O)c(-c4cc(F)c(Cl)c(F)c4)o3)nn12. The molecule has 0 aliphatic heterocycles. The fourth-order valence-corrected chi connectivity index (χ4v) is 3.86. The van der Waals surface area contributed by atoms with Gasteiger partial charge in [0.05, 0.1) is 5.69 Å². The van der Waals surface area contributed by atoms with Crippen molar-refractivity contribution in [1.29, 1.82) is 0 Å². The Bertz CT molecular complexity index is 1630. The molecule has 0 amide bonds. The van der Waals surface area contributed by atoms with E-state index in [-0.39, 0.29) is 34.8 Å². The average molecular weight is 481 g/mol. The third kappa shape index (κ3) is 3.38. The molecule has 1 aromatic carbocycles. The Kier molecular flexibility index (Phi) is 4.59. The van der Waals surface area contributed by atoms with E-state index in [0.717, 1.165) is 30.7 Å². The highest BCUT2D eigenvalue weighted by Gasteiger charge is 2.27. The van der Waals surface area contributed by atoms with Crippen molar-refractivity contribution in [2.45, 2.75) is 25.7 Å². The van der Waals surface area contributed by atoms with Crippen molar-refractivity contribution in [3.8, 4) is 28.9 Å². The second kappa shape index (κ2) is 7.56. The molecule has 1 aliphatic carbocycles. The van der Waals surface area contributed by atoms with Crippen LogP contribution < -0.4 is 5.69 Å². The van der Waals surface area contributed by atoms with Gasteiger partial charge in [-0.15, -0.1) is 5.10 Å². The zero-order valence-corrected chi connectivity index (χ0v) is 18.4. The van der Waals surface area contributed by atoms with Crippen LogP contribution in [0.25, 0.3) is 34.5 Å². The molecule has 34 heavy (non-hydrogen) atoms. The van der Waals surface area contributed by atoms with Gasteiger partial charge in [0.2, 0.25) is 5.82 Å². The largest absolute Gasteiger partial charge is 0.431 e. The van der Waals surface area contributed by atoms with Crippen molar-refractivity contribution in [2.24, 2.45) is 0 Å². The molecule has 0 saturated heterocycles. The number of oxazole rings is 1. The number of nitrogens with zero attached hydrogens (tertiary/aromatic N) is 6. The molecule has 4 heterocycles. The Morgan fingerprint density at radius 2 is 1.85 bits per heavy atom. The Morgan fingerprint density at radius 1 is 1.09 bits per heavy atom. The van der Waals surface area contributed by atoms with Crippen molar-refractivity contribution < 1.29 is 13.2 Å². The average Bonchev–Trinajstić information content (AvgIpc) is 3.41. The van der Waals surface area contributed by atoms with Crippen LogP contribution in [0.1, 0.15) is 30.1 Å². The first-order valence-electron chi connectivity index (χ1n) is 10.5. The van der Waals surface area contributed by atoms with Gasteiger partial charge in [0, 0.05) is 23.4 Å². The van der Waals surface area contributed by atoms with E-state index in [0.29, 0.717) is 11.3 Å². The second-order valence-corrected chi connectivity index (χ2v) is 8.46. The van der Waals surface area contributed by atoms with Crippen LogP contribution in [0.5, 0.6) is 0 Å². The highest BCUT2D eigenvalue weighted by molar-refractivity contribution is 6.31. The number of hydrogen-bond acceptors (Lipinski definition) is 6. The number of halogens is 3. The van der Waals surface area contributed by atoms with Gasteiger partial charge in [-0.3, -0.25) is 0 Å².